The van der Waals surface area contributed by atoms with Crippen LogP contribution in [-0.2, 0) is 11.2 Å². The van der Waals surface area contributed by atoms with Crippen molar-refractivity contribution in [2.24, 2.45) is 0 Å². The fraction of sp³-hybridized carbons (Fsp3) is 0.174. The van der Waals surface area contributed by atoms with E-state index in [0.717, 1.165) is 5.69 Å². The highest BCUT2D eigenvalue weighted by Gasteiger charge is 2.17. The Morgan fingerprint density at radius 2 is 1.77 bits per heavy atom. The lowest BCUT2D eigenvalue weighted by molar-refractivity contribution is -0.113. The highest BCUT2D eigenvalue weighted by molar-refractivity contribution is 7.99. The number of benzene rings is 2. The lowest BCUT2D eigenvalue weighted by atomic mass is 10.2. The fourth-order valence-corrected chi connectivity index (χ4v) is 4.14. The number of H-pyrrole nitrogens is 2. The van der Waals surface area contributed by atoms with Gasteiger partial charge in [0.05, 0.1) is 20.0 Å². The number of hydrogen-bond donors (Lipinski definition) is 3. The van der Waals surface area contributed by atoms with Crippen LogP contribution in [0.5, 0.6) is 11.5 Å². The van der Waals surface area contributed by atoms with Crippen molar-refractivity contribution in [2.45, 2.75) is 11.6 Å². The zero-order chi connectivity index (χ0) is 24.8. The Bertz CT molecular complexity index is 1420. The summed E-state index contributed by atoms with van der Waals surface area (Å²) in [6.07, 6.45) is 0.166. The molecule has 4 aromatic rings. The van der Waals surface area contributed by atoms with Crippen molar-refractivity contribution in [3.63, 3.8) is 0 Å². The Balaban J connectivity index is 1.54. The third-order valence-corrected chi connectivity index (χ3v) is 5.81. The second-order valence-corrected chi connectivity index (χ2v) is 8.21. The third kappa shape index (κ3) is 5.79. The SMILES string of the molecule is COc1ccc(NC(=O)CSc2nnc(Cc3cc(=O)[nH]c(=O)[nH]3)n2-c2ccccc2)cc1OC. The smallest absolute Gasteiger partial charge is 0.325 e. The van der Waals surface area contributed by atoms with E-state index in [2.05, 4.69) is 25.5 Å². The topological polar surface area (TPSA) is 144 Å². The number of nitrogens with one attached hydrogen (secondary N) is 3. The summed E-state index contributed by atoms with van der Waals surface area (Å²) in [6.45, 7) is 0. The first-order chi connectivity index (χ1) is 17.0. The lowest BCUT2D eigenvalue weighted by Gasteiger charge is -2.11. The molecule has 0 aliphatic rings. The molecule has 0 radical (unpaired) electrons. The molecule has 2 aromatic heterocycles. The van der Waals surface area contributed by atoms with E-state index >= 15 is 0 Å². The molecular formula is C23H22N6O5S. The van der Waals surface area contributed by atoms with Crippen molar-refractivity contribution in [1.29, 1.82) is 0 Å². The van der Waals surface area contributed by atoms with E-state index in [4.69, 9.17) is 9.47 Å². The van der Waals surface area contributed by atoms with Crippen molar-refractivity contribution in [2.75, 3.05) is 25.3 Å². The van der Waals surface area contributed by atoms with Gasteiger partial charge in [-0.15, -0.1) is 10.2 Å². The zero-order valence-corrected chi connectivity index (χ0v) is 19.7. The van der Waals surface area contributed by atoms with Gasteiger partial charge in [0.15, 0.2) is 16.7 Å². The van der Waals surface area contributed by atoms with Gasteiger partial charge in [0, 0.05) is 35.6 Å². The van der Waals surface area contributed by atoms with Gasteiger partial charge < -0.3 is 19.8 Å². The molecule has 0 bridgehead atoms. The summed E-state index contributed by atoms with van der Waals surface area (Å²) in [6, 6.07) is 15.8. The number of ether oxygens (including phenoxy) is 2. The summed E-state index contributed by atoms with van der Waals surface area (Å²) < 4.78 is 12.3. The Morgan fingerprint density at radius 3 is 2.49 bits per heavy atom. The van der Waals surface area contributed by atoms with Gasteiger partial charge in [-0.25, -0.2) is 4.79 Å². The average molecular weight is 495 g/mol. The second-order valence-electron chi connectivity index (χ2n) is 7.27. The molecule has 12 heteroatoms. The first kappa shape index (κ1) is 23.8. The maximum atomic E-state index is 12.6. The van der Waals surface area contributed by atoms with Crippen molar-refractivity contribution in [1.82, 2.24) is 24.7 Å². The summed E-state index contributed by atoms with van der Waals surface area (Å²) in [5.41, 5.74) is 0.640. The van der Waals surface area contributed by atoms with E-state index in [0.29, 0.717) is 33.9 Å². The summed E-state index contributed by atoms with van der Waals surface area (Å²) in [5.74, 6) is 1.39. The number of carbonyl (C=O) groups excluding carboxylic acids is 1. The molecule has 11 nitrogen and oxygen atoms in total. The number of nitrogens with zero attached hydrogens (tertiary/aromatic N) is 3. The van der Waals surface area contributed by atoms with E-state index in [9.17, 15) is 14.4 Å². The van der Waals surface area contributed by atoms with Crippen LogP contribution in [0, 0.1) is 0 Å². The highest BCUT2D eigenvalue weighted by Crippen LogP contribution is 2.30. The molecule has 0 aliphatic heterocycles. The van der Waals surface area contributed by atoms with Crippen molar-refractivity contribution < 1.29 is 14.3 Å². The molecule has 0 unspecified atom stereocenters. The Hall–Kier alpha value is -4.32. The molecule has 0 aliphatic carbocycles. The zero-order valence-electron chi connectivity index (χ0n) is 18.9. The van der Waals surface area contributed by atoms with Crippen LogP contribution in [0.4, 0.5) is 5.69 Å². The van der Waals surface area contributed by atoms with E-state index in [1.807, 2.05) is 30.3 Å². The molecule has 180 valence electrons. The molecule has 0 spiro atoms. The number of methoxy groups -OCH3 is 2. The number of para-hydroxylation sites is 1. The first-order valence-corrected chi connectivity index (χ1v) is 11.4. The number of anilines is 1. The maximum absolute atomic E-state index is 12.6. The number of aromatic amines is 2. The quantitative estimate of drug-likeness (QED) is 0.300. The molecule has 0 saturated heterocycles. The van der Waals surface area contributed by atoms with Crippen LogP contribution in [0.2, 0.25) is 0 Å². The van der Waals surface area contributed by atoms with Crippen LogP contribution >= 0.6 is 11.8 Å². The minimum atomic E-state index is -0.597. The Morgan fingerprint density at radius 1 is 1.00 bits per heavy atom. The summed E-state index contributed by atoms with van der Waals surface area (Å²) in [7, 11) is 3.06. The number of thioether (sulfide) groups is 1. The molecule has 2 heterocycles. The molecule has 0 atom stereocenters. The number of aromatic nitrogens is 5. The van der Waals surface area contributed by atoms with Crippen molar-refractivity contribution >= 4 is 23.4 Å². The summed E-state index contributed by atoms with van der Waals surface area (Å²) >= 11 is 1.21. The predicted octanol–water partition coefficient (Wildman–Crippen LogP) is 1.98. The van der Waals surface area contributed by atoms with Crippen LogP contribution in [0.15, 0.2) is 69.3 Å². The molecule has 1 amide bonds. The van der Waals surface area contributed by atoms with Gasteiger partial charge in [0.2, 0.25) is 5.91 Å². The Labute approximate surface area is 203 Å². The van der Waals surface area contributed by atoms with Crippen LogP contribution in [0.25, 0.3) is 5.69 Å². The largest absolute Gasteiger partial charge is 0.493 e. The van der Waals surface area contributed by atoms with Gasteiger partial charge in [0.25, 0.3) is 5.56 Å². The monoisotopic (exact) mass is 494 g/mol. The summed E-state index contributed by atoms with van der Waals surface area (Å²) in [5, 5.41) is 11.8. The number of carbonyl (C=O) groups is 1. The fourth-order valence-electron chi connectivity index (χ4n) is 3.37. The maximum Gasteiger partial charge on any atom is 0.325 e. The van der Waals surface area contributed by atoms with E-state index < -0.39 is 11.2 Å². The van der Waals surface area contributed by atoms with Gasteiger partial charge >= 0.3 is 5.69 Å². The highest BCUT2D eigenvalue weighted by atomic mass is 32.2. The third-order valence-electron chi connectivity index (χ3n) is 4.88. The molecule has 0 fully saturated rings. The van der Waals surface area contributed by atoms with Crippen LogP contribution in [-0.4, -0.2) is 50.6 Å². The van der Waals surface area contributed by atoms with Crippen LogP contribution in [0.1, 0.15) is 11.5 Å². The molecule has 2 aromatic carbocycles. The Kier molecular flexibility index (Phi) is 7.31. The van der Waals surface area contributed by atoms with Crippen molar-refractivity contribution in [3.8, 4) is 17.2 Å². The minimum absolute atomic E-state index is 0.0706. The average Bonchev–Trinajstić information content (AvgIpc) is 3.24. The number of hydrogen-bond acceptors (Lipinski definition) is 8. The molecular weight excluding hydrogens is 472 g/mol. The number of rotatable bonds is 9. The molecule has 3 N–H and O–H groups in total. The molecule has 35 heavy (non-hydrogen) atoms. The van der Waals surface area contributed by atoms with Gasteiger partial charge in [-0.2, -0.15) is 0 Å². The number of amides is 1. The molecule has 0 saturated carbocycles. The van der Waals surface area contributed by atoms with Gasteiger partial charge in [-0.3, -0.25) is 19.1 Å². The van der Waals surface area contributed by atoms with E-state index in [1.54, 1.807) is 22.8 Å². The van der Waals surface area contributed by atoms with Crippen LogP contribution in [0.3, 0.4) is 0 Å². The van der Waals surface area contributed by atoms with E-state index in [-0.39, 0.29) is 18.1 Å². The first-order valence-electron chi connectivity index (χ1n) is 10.4. The standard InChI is InChI=1S/C23H22N6O5S/c1-33-17-9-8-14(10-18(17)34-2)24-21(31)13-35-23-28-27-19(29(23)16-6-4-3-5-7-16)11-15-12-20(30)26-22(32)25-15/h3-10,12H,11,13H2,1-2H3,(H,24,31)(H2,25,26,30,32). The van der Waals surface area contributed by atoms with Gasteiger partial charge in [-0.1, -0.05) is 30.0 Å². The van der Waals surface area contributed by atoms with Gasteiger partial charge in [0.1, 0.15) is 5.82 Å². The van der Waals surface area contributed by atoms with E-state index in [1.165, 1.54) is 32.0 Å². The summed E-state index contributed by atoms with van der Waals surface area (Å²) in [4.78, 5) is 40.7. The van der Waals surface area contributed by atoms with Crippen LogP contribution < -0.4 is 26.0 Å². The minimum Gasteiger partial charge on any atom is -0.493 e. The van der Waals surface area contributed by atoms with Gasteiger partial charge in [-0.05, 0) is 24.3 Å². The lowest BCUT2D eigenvalue weighted by Crippen LogP contribution is -2.23. The molecule has 4 rings (SSSR count). The van der Waals surface area contributed by atoms with Crippen molar-refractivity contribution in [3.05, 3.63) is 87.0 Å². The predicted molar refractivity (Wildman–Crippen MR) is 131 cm³/mol. The second kappa shape index (κ2) is 10.7. The normalized spacial score (nSPS) is 10.7.